The molecule has 0 aliphatic rings. The lowest BCUT2D eigenvalue weighted by atomic mass is 10.1. The molecular weight excluding hydrogens is 178 g/mol. The van der Waals surface area contributed by atoms with Crippen LogP contribution in [0, 0.1) is 6.92 Å². The lowest BCUT2D eigenvalue weighted by molar-refractivity contribution is 0.0343. The second kappa shape index (κ2) is 4.37. The summed E-state index contributed by atoms with van der Waals surface area (Å²) in [6.07, 6.45) is 1.74. The molecule has 78 valence electrons. The summed E-state index contributed by atoms with van der Waals surface area (Å²) < 4.78 is 5.28. The number of anilines is 1. The van der Waals surface area contributed by atoms with Gasteiger partial charge in [0.2, 0.25) is 0 Å². The van der Waals surface area contributed by atoms with Crippen molar-refractivity contribution in [2.75, 3.05) is 19.0 Å². The van der Waals surface area contributed by atoms with Gasteiger partial charge in [-0.3, -0.25) is 0 Å². The first kappa shape index (κ1) is 10.9. The lowest BCUT2D eigenvalue weighted by Gasteiger charge is -2.23. The van der Waals surface area contributed by atoms with Crippen LogP contribution in [-0.4, -0.2) is 29.2 Å². The van der Waals surface area contributed by atoms with Crippen LogP contribution in [0.2, 0.25) is 0 Å². The number of rotatable bonds is 4. The minimum atomic E-state index is -0.182. The van der Waals surface area contributed by atoms with E-state index < -0.39 is 0 Å². The zero-order chi connectivity index (χ0) is 10.6. The van der Waals surface area contributed by atoms with Crippen molar-refractivity contribution in [3.8, 4) is 0 Å². The molecule has 0 spiro atoms. The summed E-state index contributed by atoms with van der Waals surface area (Å²) in [5.74, 6) is 1.60. The highest BCUT2D eigenvalue weighted by molar-refractivity contribution is 5.33. The third kappa shape index (κ3) is 3.30. The highest BCUT2D eigenvalue weighted by atomic mass is 16.5. The molecule has 4 heteroatoms. The van der Waals surface area contributed by atoms with Crippen molar-refractivity contribution >= 4 is 5.82 Å². The molecule has 0 aliphatic heterocycles. The van der Waals surface area contributed by atoms with E-state index in [9.17, 15) is 0 Å². The minimum absolute atomic E-state index is 0.182. The zero-order valence-corrected chi connectivity index (χ0v) is 9.16. The summed E-state index contributed by atoms with van der Waals surface area (Å²) in [7, 11) is 1.70. The Morgan fingerprint density at radius 1 is 1.50 bits per heavy atom. The molecule has 0 saturated carbocycles. The average molecular weight is 195 g/mol. The minimum Gasteiger partial charge on any atom is -0.377 e. The molecule has 0 saturated heterocycles. The summed E-state index contributed by atoms with van der Waals surface area (Å²) in [5.41, 5.74) is -0.182. The van der Waals surface area contributed by atoms with Crippen molar-refractivity contribution in [2.45, 2.75) is 26.4 Å². The van der Waals surface area contributed by atoms with Crippen LogP contribution in [0.25, 0.3) is 0 Å². The first-order valence-electron chi connectivity index (χ1n) is 4.62. The summed E-state index contributed by atoms with van der Waals surface area (Å²) in [4.78, 5) is 8.25. The summed E-state index contributed by atoms with van der Waals surface area (Å²) in [6.45, 7) is 6.63. The summed E-state index contributed by atoms with van der Waals surface area (Å²) in [6, 6.07) is 1.85. The molecule has 1 aromatic heterocycles. The largest absolute Gasteiger partial charge is 0.377 e. The van der Waals surface area contributed by atoms with E-state index in [1.807, 2.05) is 26.8 Å². The molecule has 0 unspecified atom stereocenters. The van der Waals surface area contributed by atoms with Gasteiger partial charge in [-0.1, -0.05) is 0 Å². The van der Waals surface area contributed by atoms with Crippen molar-refractivity contribution in [1.29, 1.82) is 0 Å². The van der Waals surface area contributed by atoms with Gasteiger partial charge in [-0.25, -0.2) is 9.97 Å². The fourth-order valence-electron chi connectivity index (χ4n) is 0.930. The Hall–Kier alpha value is -1.16. The third-order valence-corrected chi connectivity index (χ3v) is 2.02. The van der Waals surface area contributed by atoms with Gasteiger partial charge in [-0.2, -0.15) is 0 Å². The molecule has 0 amide bonds. The predicted molar refractivity (Wildman–Crippen MR) is 56.3 cm³/mol. The Morgan fingerprint density at radius 3 is 2.79 bits per heavy atom. The van der Waals surface area contributed by atoms with E-state index in [1.165, 1.54) is 0 Å². The van der Waals surface area contributed by atoms with E-state index in [1.54, 1.807) is 13.3 Å². The monoisotopic (exact) mass is 195 g/mol. The molecule has 1 aromatic rings. The quantitative estimate of drug-likeness (QED) is 0.793. The molecule has 0 aromatic carbocycles. The van der Waals surface area contributed by atoms with E-state index >= 15 is 0 Å². The molecule has 4 nitrogen and oxygen atoms in total. The molecule has 0 bridgehead atoms. The standard InChI is InChI=1S/C10H17N3O/c1-8-11-6-5-9(13-8)12-7-10(2,3)14-4/h5-6H,7H2,1-4H3,(H,11,12,13). The van der Waals surface area contributed by atoms with Gasteiger partial charge in [-0.05, 0) is 26.8 Å². The first-order chi connectivity index (χ1) is 6.53. The maximum absolute atomic E-state index is 5.28. The van der Waals surface area contributed by atoms with Crippen LogP contribution in [0.15, 0.2) is 12.3 Å². The van der Waals surface area contributed by atoms with Crippen molar-refractivity contribution < 1.29 is 4.74 Å². The number of aryl methyl sites for hydroxylation is 1. The molecule has 1 heterocycles. The number of aromatic nitrogens is 2. The molecule has 0 fully saturated rings. The Morgan fingerprint density at radius 2 is 2.21 bits per heavy atom. The first-order valence-corrected chi connectivity index (χ1v) is 4.62. The van der Waals surface area contributed by atoms with Crippen molar-refractivity contribution in [2.24, 2.45) is 0 Å². The van der Waals surface area contributed by atoms with E-state index in [-0.39, 0.29) is 5.60 Å². The maximum atomic E-state index is 5.28. The van der Waals surface area contributed by atoms with Crippen LogP contribution >= 0.6 is 0 Å². The van der Waals surface area contributed by atoms with E-state index in [4.69, 9.17) is 4.74 Å². The predicted octanol–water partition coefficient (Wildman–Crippen LogP) is 1.62. The van der Waals surface area contributed by atoms with Gasteiger partial charge in [0.1, 0.15) is 11.6 Å². The van der Waals surface area contributed by atoms with E-state index in [0.29, 0.717) is 0 Å². The summed E-state index contributed by atoms with van der Waals surface area (Å²) >= 11 is 0. The normalized spacial score (nSPS) is 11.4. The number of ether oxygens (including phenoxy) is 1. The third-order valence-electron chi connectivity index (χ3n) is 2.02. The molecule has 14 heavy (non-hydrogen) atoms. The zero-order valence-electron chi connectivity index (χ0n) is 9.16. The molecular formula is C10H17N3O. The Kier molecular flexibility index (Phi) is 3.41. The van der Waals surface area contributed by atoms with E-state index in [0.717, 1.165) is 18.2 Å². The van der Waals surface area contributed by atoms with Crippen LogP contribution in [-0.2, 0) is 4.74 Å². The highest BCUT2D eigenvalue weighted by Crippen LogP contribution is 2.09. The van der Waals surface area contributed by atoms with Crippen LogP contribution < -0.4 is 5.32 Å². The molecule has 1 N–H and O–H groups in total. The maximum Gasteiger partial charge on any atom is 0.129 e. The van der Waals surface area contributed by atoms with Gasteiger partial charge in [0, 0.05) is 19.9 Å². The van der Waals surface area contributed by atoms with Gasteiger partial charge in [-0.15, -0.1) is 0 Å². The van der Waals surface area contributed by atoms with Crippen molar-refractivity contribution in [1.82, 2.24) is 9.97 Å². The molecule has 0 radical (unpaired) electrons. The topological polar surface area (TPSA) is 47.0 Å². The fraction of sp³-hybridized carbons (Fsp3) is 0.600. The highest BCUT2D eigenvalue weighted by Gasteiger charge is 2.15. The van der Waals surface area contributed by atoms with Crippen LogP contribution in [0.1, 0.15) is 19.7 Å². The lowest BCUT2D eigenvalue weighted by Crippen LogP contribution is -2.32. The molecule has 0 aliphatic carbocycles. The van der Waals surface area contributed by atoms with Crippen LogP contribution in [0.3, 0.4) is 0 Å². The van der Waals surface area contributed by atoms with Gasteiger partial charge in [0.25, 0.3) is 0 Å². The molecule has 1 rings (SSSR count). The van der Waals surface area contributed by atoms with Gasteiger partial charge < -0.3 is 10.1 Å². The Bertz CT molecular complexity index is 299. The van der Waals surface area contributed by atoms with Gasteiger partial charge >= 0.3 is 0 Å². The van der Waals surface area contributed by atoms with Gasteiger partial charge in [0.15, 0.2) is 0 Å². The average Bonchev–Trinajstić information content (AvgIpc) is 2.15. The second-order valence-corrected chi connectivity index (χ2v) is 3.81. The number of hydrogen-bond donors (Lipinski definition) is 1. The Balaban J connectivity index is 2.54. The SMILES string of the molecule is COC(C)(C)CNc1ccnc(C)n1. The number of nitrogens with zero attached hydrogens (tertiary/aromatic N) is 2. The summed E-state index contributed by atoms with van der Waals surface area (Å²) in [5, 5.41) is 3.20. The van der Waals surface area contributed by atoms with E-state index in [2.05, 4.69) is 15.3 Å². The number of methoxy groups -OCH3 is 1. The molecule has 0 atom stereocenters. The number of hydrogen-bond acceptors (Lipinski definition) is 4. The smallest absolute Gasteiger partial charge is 0.129 e. The van der Waals surface area contributed by atoms with Crippen molar-refractivity contribution in [3.05, 3.63) is 18.1 Å². The number of nitrogens with one attached hydrogen (secondary N) is 1. The second-order valence-electron chi connectivity index (χ2n) is 3.81. The van der Waals surface area contributed by atoms with Crippen LogP contribution in [0.5, 0.6) is 0 Å². The van der Waals surface area contributed by atoms with Gasteiger partial charge in [0.05, 0.1) is 5.60 Å². The van der Waals surface area contributed by atoms with Crippen LogP contribution in [0.4, 0.5) is 5.82 Å². The fourth-order valence-corrected chi connectivity index (χ4v) is 0.930. The Labute approximate surface area is 84.7 Å². The van der Waals surface area contributed by atoms with Crippen molar-refractivity contribution in [3.63, 3.8) is 0 Å².